The lowest BCUT2D eigenvalue weighted by atomic mass is 9.93. The largest absolute Gasteiger partial charge is 0.360 e. The Morgan fingerprint density at radius 3 is 2.55 bits per heavy atom. The van der Waals surface area contributed by atoms with Gasteiger partial charge in [0.1, 0.15) is 11.6 Å². The summed E-state index contributed by atoms with van der Waals surface area (Å²) in [4.78, 5) is 24.9. The number of aromatic amines is 1. The number of ketones is 1. The predicted octanol–water partition coefficient (Wildman–Crippen LogP) is 5.44. The highest BCUT2D eigenvalue weighted by molar-refractivity contribution is 5.81. The Labute approximate surface area is 183 Å². The van der Waals surface area contributed by atoms with Gasteiger partial charge in [0.25, 0.3) is 0 Å². The van der Waals surface area contributed by atoms with Crippen molar-refractivity contribution in [2.75, 3.05) is 0 Å². The number of rotatable bonds is 9. The summed E-state index contributed by atoms with van der Waals surface area (Å²) < 4.78 is 0. The van der Waals surface area contributed by atoms with Crippen LogP contribution in [0.3, 0.4) is 0 Å². The number of hydrogen-bond acceptors (Lipinski definition) is 3. The van der Waals surface area contributed by atoms with Crippen LogP contribution in [-0.2, 0) is 24.1 Å². The molecule has 2 heterocycles. The van der Waals surface area contributed by atoms with Crippen molar-refractivity contribution in [2.45, 2.75) is 32.6 Å². The number of nitrogens with one attached hydrogen (secondary N) is 1. The molecule has 0 saturated carbocycles. The van der Waals surface area contributed by atoms with Gasteiger partial charge in [0.05, 0.1) is 11.4 Å². The fourth-order valence-electron chi connectivity index (χ4n) is 3.93. The molecule has 1 N–H and O–H groups in total. The van der Waals surface area contributed by atoms with E-state index in [1.165, 1.54) is 5.56 Å². The average molecular weight is 410 g/mol. The first-order valence-electron chi connectivity index (χ1n) is 10.7. The fourth-order valence-corrected chi connectivity index (χ4v) is 3.93. The van der Waals surface area contributed by atoms with Crippen LogP contribution < -0.4 is 0 Å². The molecular formula is C27H27N3O. The zero-order chi connectivity index (χ0) is 21.5. The lowest BCUT2D eigenvalue weighted by Crippen LogP contribution is -2.10. The predicted molar refractivity (Wildman–Crippen MR) is 124 cm³/mol. The van der Waals surface area contributed by atoms with Crippen molar-refractivity contribution >= 4 is 5.78 Å². The second-order valence-electron chi connectivity index (χ2n) is 8.15. The van der Waals surface area contributed by atoms with Crippen molar-refractivity contribution in [3.63, 3.8) is 0 Å². The number of carbonyl (C=O) groups is 1. The van der Waals surface area contributed by atoms with E-state index in [-0.39, 0.29) is 5.78 Å². The highest BCUT2D eigenvalue weighted by Crippen LogP contribution is 2.17. The van der Waals surface area contributed by atoms with Gasteiger partial charge in [-0.1, -0.05) is 61.5 Å². The molecule has 1 atom stereocenters. The van der Waals surface area contributed by atoms with E-state index in [0.717, 1.165) is 34.8 Å². The van der Waals surface area contributed by atoms with E-state index in [1.54, 1.807) is 6.20 Å². The summed E-state index contributed by atoms with van der Waals surface area (Å²) in [6.45, 7) is 2.15. The van der Waals surface area contributed by atoms with E-state index < -0.39 is 0 Å². The molecule has 4 nitrogen and oxygen atoms in total. The highest BCUT2D eigenvalue weighted by Gasteiger charge is 2.12. The van der Waals surface area contributed by atoms with Crippen LogP contribution in [0.4, 0.5) is 0 Å². The van der Waals surface area contributed by atoms with Gasteiger partial charge in [-0.25, -0.2) is 9.97 Å². The van der Waals surface area contributed by atoms with E-state index in [4.69, 9.17) is 0 Å². The van der Waals surface area contributed by atoms with E-state index in [2.05, 4.69) is 46.1 Å². The van der Waals surface area contributed by atoms with Crippen molar-refractivity contribution in [3.8, 4) is 11.4 Å². The first kappa shape index (κ1) is 20.7. The third-order valence-corrected chi connectivity index (χ3v) is 5.34. The SMILES string of the molecule is CC(CC(=O)Cc1cccc(Cc2nccc(-c3ccc[nH]3)n2)c1)Cc1ccccc1. The standard InChI is InChI=1S/C27H27N3O/c1-20(15-21-7-3-2-4-8-21)16-24(31)18-22-9-5-10-23(17-22)19-27-29-14-12-26(30-27)25-11-6-13-28-25/h2-14,17,20,28H,15-16,18-19H2,1H3. The zero-order valence-electron chi connectivity index (χ0n) is 17.8. The van der Waals surface area contributed by atoms with Gasteiger partial charge in [0.15, 0.2) is 0 Å². The van der Waals surface area contributed by atoms with Gasteiger partial charge in [0, 0.05) is 31.7 Å². The van der Waals surface area contributed by atoms with E-state index in [9.17, 15) is 4.79 Å². The fraction of sp³-hybridized carbons (Fsp3) is 0.222. The maximum absolute atomic E-state index is 12.6. The number of nitrogens with zero attached hydrogens (tertiary/aromatic N) is 2. The molecule has 31 heavy (non-hydrogen) atoms. The molecule has 156 valence electrons. The molecule has 0 amide bonds. The van der Waals surface area contributed by atoms with Crippen LogP contribution in [-0.4, -0.2) is 20.7 Å². The maximum atomic E-state index is 12.6. The summed E-state index contributed by atoms with van der Waals surface area (Å²) in [6, 6.07) is 24.4. The Bertz CT molecular complexity index is 1120. The molecule has 0 radical (unpaired) electrons. The average Bonchev–Trinajstić information content (AvgIpc) is 3.30. The quantitative estimate of drug-likeness (QED) is 0.400. The first-order valence-corrected chi connectivity index (χ1v) is 10.7. The second-order valence-corrected chi connectivity index (χ2v) is 8.15. The van der Waals surface area contributed by atoms with Crippen LogP contribution in [0.25, 0.3) is 11.4 Å². The van der Waals surface area contributed by atoms with Crippen LogP contribution in [0, 0.1) is 5.92 Å². The molecule has 0 spiro atoms. The first-order chi connectivity index (χ1) is 15.2. The lowest BCUT2D eigenvalue weighted by Gasteiger charge is -2.11. The van der Waals surface area contributed by atoms with Crippen LogP contribution in [0.5, 0.6) is 0 Å². The highest BCUT2D eigenvalue weighted by atomic mass is 16.1. The number of aromatic nitrogens is 3. The Morgan fingerprint density at radius 1 is 0.935 bits per heavy atom. The van der Waals surface area contributed by atoms with Gasteiger partial charge in [-0.05, 0) is 47.2 Å². The molecule has 0 aliphatic carbocycles. The minimum absolute atomic E-state index is 0.283. The van der Waals surface area contributed by atoms with Crippen LogP contribution in [0.1, 0.15) is 35.9 Å². The van der Waals surface area contributed by atoms with Gasteiger partial charge in [0.2, 0.25) is 0 Å². The van der Waals surface area contributed by atoms with Crippen molar-refractivity contribution in [3.05, 3.63) is 108 Å². The summed E-state index contributed by atoms with van der Waals surface area (Å²) in [5.74, 6) is 1.39. The number of carbonyl (C=O) groups excluding carboxylic acids is 1. The van der Waals surface area contributed by atoms with Crippen molar-refractivity contribution < 1.29 is 4.79 Å². The summed E-state index contributed by atoms with van der Waals surface area (Å²) in [6.07, 6.45) is 6.32. The topological polar surface area (TPSA) is 58.6 Å². The van der Waals surface area contributed by atoms with Gasteiger partial charge >= 0.3 is 0 Å². The minimum Gasteiger partial charge on any atom is -0.360 e. The third kappa shape index (κ3) is 5.98. The van der Waals surface area contributed by atoms with Crippen molar-refractivity contribution in [1.29, 1.82) is 0 Å². The monoisotopic (exact) mass is 409 g/mol. The Morgan fingerprint density at radius 2 is 1.74 bits per heavy atom. The third-order valence-electron chi connectivity index (χ3n) is 5.34. The van der Waals surface area contributed by atoms with Crippen LogP contribution in [0.15, 0.2) is 85.2 Å². The molecule has 0 aliphatic heterocycles. The summed E-state index contributed by atoms with van der Waals surface area (Å²) in [7, 11) is 0. The van der Waals surface area contributed by atoms with Crippen molar-refractivity contribution in [2.24, 2.45) is 5.92 Å². The lowest BCUT2D eigenvalue weighted by molar-refractivity contribution is -0.119. The number of hydrogen-bond donors (Lipinski definition) is 1. The molecule has 0 bridgehead atoms. The molecule has 0 fully saturated rings. The van der Waals surface area contributed by atoms with Gasteiger partial charge in [-0.2, -0.15) is 0 Å². The zero-order valence-corrected chi connectivity index (χ0v) is 17.8. The molecular weight excluding hydrogens is 382 g/mol. The molecule has 4 heteroatoms. The van der Waals surface area contributed by atoms with E-state index in [1.807, 2.05) is 54.7 Å². The normalized spacial score (nSPS) is 11.9. The maximum Gasteiger partial charge on any atom is 0.137 e. The Hall–Kier alpha value is -3.53. The van der Waals surface area contributed by atoms with Gasteiger partial charge < -0.3 is 4.98 Å². The van der Waals surface area contributed by atoms with Crippen molar-refractivity contribution in [1.82, 2.24) is 15.0 Å². The van der Waals surface area contributed by atoms with E-state index >= 15 is 0 Å². The van der Waals surface area contributed by atoms with Gasteiger partial charge in [-0.15, -0.1) is 0 Å². The van der Waals surface area contributed by atoms with E-state index in [0.29, 0.717) is 25.2 Å². The molecule has 1 unspecified atom stereocenters. The molecule has 0 aliphatic rings. The molecule has 2 aromatic carbocycles. The Kier molecular flexibility index (Phi) is 6.68. The number of Topliss-reactive ketones (excluding diaryl/α,β-unsaturated/α-hetero) is 1. The Balaban J connectivity index is 1.36. The summed E-state index contributed by atoms with van der Waals surface area (Å²) in [5, 5.41) is 0. The molecule has 2 aromatic heterocycles. The minimum atomic E-state index is 0.283. The second kappa shape index (κ2) is 9.98. The smallest absolute Gasteiger partial charge is 0.137 e. The van der Waals surface area contributed by atoms with Gasteiger partial charge in [-0.3, -0.25) is 4.79 Å². The number of benzene rings is 2. The van der Waals surface area contributed by atoms with Crippen LogP contribution >= 0.6 is 0 Å². The van der Waals surface area contributed by atoms with Crippen LogP contribution in [0.2, 0.25) is 0 Å². The summed E-state index contributed by atoms with van der Waals surface area (Å²) >= 11 is 0. The molecule has 4 aromatic rings. The number of H-pyrrole nitrogens is 1. The molecule has 0 saturated heterocycles. The molecule has 4 rings (SSSR count). The summed E-state index contributed by atoms with van der Waals surface area (Å²) in [5.41, 5.74) is 5.31.